The highest BCUT2D eigenvalue weighted by Gasteiger charge is 2.63. The Kier molecular flexibility index (Phi) is 7.11. The molecule has 0 fully saturated rings. The van der Waals surface area contributed by atoms with Crippen LogP contribution < -0.4 is 11.5 Å². The summed E-state index contributed by atoms with van der Waals surface area (Å²) < 4.78 is 31.6. The first kappa shape index (κ1) is 28.4. The number of likely N-dealkylation sites (N-methyl/N-ethyl adjacent to an activating group) is 1. The average molecular weight is 562 g/mol. The molecule has 1 aromatic carbocycles. The van der Waals surface area contributed by atoms with Crippen LogP contribution in [0.4, 0.5) is 5.69 Å². The Morgan fingerprint density at radius 1 is 1.19 bits per heavy atom. The maximum Gasteiger partial charge on any atom is 0.394 e. The van der Waals surface area contributed by atoms with E-state index in [0.29, 0.717) is 5.56 Å². The van der Waals surface area contributed by atoms with Crippen molar-refractivity contribution in [1.82, 2.24) is 4.90 Å². The number of fused-ring (bicyclic) bond motifs is 3. The van der Waals surface area contributed by atoms with Crippen molar-refractivity contribution < 1.29 is 52.3 Å². The summed E-state index contributed by atoms with van der Waals surface area (Å²) in [6.45, 7) is 0. The van der Waals surface area contributed by atoms with Crippen LogP contribution in [0.25, 0.3) is 0 Å². The lowest BCUT2D eigenvalue weighted by molar-refractivity contribution is -0.148. The minimum absolute atomic E-state index is 0.00845. The molecule has 4 unspecified atom stereocenters. The Morgan fingerprint density at radius 2 is 1.73 bits per heavy atom. The highest BCUT2D eigenvalue weighted by Crippen LogP contribution is 2.53. The molecule has 4 rings (SSSR count). The molecule has 3 aliphatic carbocycles. The highest BCUT2D eigenvalue weighted by atomic mass is 35.5. The number of aromatic hydroxyl groups is 1. The number of aliphatic hydroxyl groups is 3. The molecule has 16 heteroatoms. The second-order valence-electron chi connectivity index (χ2n) is 9.07. The number of phenolic OH excluding ortho intramolecular Hbond substituents is 1. The van der Waals surface area contributed by atoms with E-state index in [2.05, 4.69) is 0 Å². The van der Waals surface area contributed by atoms with Crippen molar-refractivity contribution in [3.05, 3.63) is 44.9 Å². The molecule has 0 saturated carbocycles. The van der Waals surface area contributed by atoms with Crippen molar-refractivity contribution >= 4 is 45.2 Å². The van der Waals surface area contributed by atoms with Gasteiger partial charge in [-0.05, 0) is 44.5 Å². The van der Waals surface area contributed by atoms with Crippen LogP contribution >= 0.6 is 11.6 Å². The second-order valence-corrected chi connectivity index (χ2v) is 10.4. The SMILES string of the molecule is CN(C)C1C(O)=C(C(N)=O)C(=O)C2(O)C(O)=C3C(=O)c4c(cc(Cl)c(N)c4O)CC3CC12.O=S(=O)(O)O. The number of phenols is 1. The van der Waals surface area contributed by atoms with Gasteiger partial charge in [-0.25, -0.2) is 0 Å². The third kappa shape index (κ3) is 4.54. The van der Waals surface area contributed by atoms with Gasteiger partial charge in [0.05, 0.1) is 22.3 Å². The number of nitrogens with two attached hydrogens (primary N) is 2. The molecular formula is C21H24ClN3O11S. The molecule has 0 heterocycles. The van der Waals surface area contributed by atoms with Gasteiger partial charge in [0.1, 0.15) is 17.1 Å². The number of rotatable bonds is 2. The van der Waals surface area contributed by atoms with Crippen LogP contribution in [0.1, 0.15) is 22.3 Å². The van der Waals surface area contributed by atoms with Gasteiger partial charge in [0.15, 0.2) is 17.1 Å². The molecule has 0 bridgehead atoms. The second kappa shape index (κ2) is 9.27. The number of allylic oxidation sites excluding steroid dienone is 1. The van der Waals surface area contributed by atoms with Gasteiger partial charge in [-0.15, -0.1) is 0 Å². The maximum atomic E-state index is 13.3. The zero-order valence-corrected chi connectivity index (χ0v) is 20.9. The normalized spacial score (nSPS) is 27.3. The molecular weight excluding hydrogens is 538 g/mol. The van der Waals surface area contributed by atoms with Crippen LogP contribution in [-0.2, 0) is 26.4 Å². The monoisotopic (exact) mass is 561 g/mol. The van der Waals surface area contributed by atoms with Crippen molar-refractivity contribution in [3.8, 4) is 5.75 Å². The molecule has 4 atom stereocenters. The lowest BCUT2D eigenvalue weighted by atomic mass is 9.58. The quantitative estimate of drug-likeness (QED) is 0.0998. The van der Waals surface area contributed by atoms with Gasteiger partial charge < -0.3 is 31.9 Å². The Labute approximate surface area is 215 Å². The van der Waals surface area contributed by atoms with Crippen LogP contribution in [0.5, 0.6) is 5.75 Å². The first-order valence-electron chi connectivity index (χ1n) is 10.5. The predicted octanol–water partition coefficient (Wildman–Crippen LogP) is -0.297. The number of halogens is 1. The van der Waals surface area contributed by atoms with Crippen molar-refractivity contribution in [2.45, 2.75) is 24.5 Å². The van der Waals surface area contributed by atoms with Crippen LogP contribution in [0.3, 0.4) is 0 Å². The zero-order chi connectivity index (χ0) is 28.4. The topological polar surface area (TPSA) is 262 Å². The summed E-state index contributed by atoms with van der Waals surface area (Å²) in [6.07, 6.45) is 0.163. The fourth-order valence-corrected chi connectivity index (χ4v) is 5.51. The van der Waals surface area contributed by atoms with E-state index in [-0.39, 0.29) is 34.7 Å². The minimum Gasteiger partial charge on any atom is -0.510 e. The minimum atomic E-state index is -4.67. The summed E-state index contributed by atoms with van der Waals surface area (Å²) in [5.41, 5.74) is 7.26. The lowest BCUT2D eigenvalue weighted by Crippen LogP contribution is -2.63. The number of aliphatic hydroxyl groups excluding tert-OH is 2. The summed E-state index contributed by atoms with van der Waals surface area (Å²) in [4.78, 5) is 39.8. The number of amides is 1. The molecule has 0 saturated heterocycles. The number of nitrogens with zero attached hydrogens (tertiary/aromatic N) is 1. The van der Waals surface area contributed by atoms with Gasteiger partial charge in [0, 0.05) is 11.5 Å². The summed E-state index contributed by atoms with van der Waals surface area (Å²) in [5.74, 6) is -7.19. The predicted molar refractivity (Wildman–Crippen MR) is 127 cm³/mol. The van der Waals surface area contributed by atoms with Crippen LogP contribution in [-0.4, -0.2) is 86.1 Å². The first-order valence-corrected chi connectivity index (χ1v) is 12.3. The fourth-order valence-electron chi connectivity index (χ4n) is 5.29. The van der Waals surface area contributed by atoms with E-state index in [1.165, 1.54) is 11.0 Å². The highest BCUT2D eigenvalue weighted by molar-refractivity contribution is 7.79. The molecule has 3 aliphatic rings. The molecule has 0 aromatic heterocycles. The summed E-state index contributed by atoms with van der Waals surface area (Å²) in [5, 5.41) is 43.7. The Balaban J connectivity index is 0.000000695. The third-order valence-corrected chi connectivity index (χ3v) is 7.01. The lowest BCUT2D eigenvalue weighted by Gasteiger charge is -2.50. The number of hydrogen-bond donors (Lipinski definition) is 8. The standard InChI is InChI=1S/C21H22ClN3O7.H2O4S/c1-25(2)14-8-4-6-3-7-5-9(22)13(23)16(27)10(7)15(26)11(6)18(29)21(8,32)19(30)12(17(14)28)20(24)31;1-5(2,3)4/h5-6,8,14,27-29,32H,3-4,23H2,1-2H3,(H2,24,31);(H2,1,2,3,4). The summed E-state index contributed by atoms with van der Waals surface area (Å²) in [7, 11) is -1.54. The molecule has 37 heavy (non-hydrogen) atoms. The number of ketones is 2. The van der Waals surface area contributed by atoms with E-state index in [1.807, 2.05) is 0 Å². The number of carbonyl (C=O) groups is 3. The molecule has 1 amide bonds. The number of primary amides is 1. The van der Waals surface area contributed by atoms with Crippen LogP contribution in [0.2, 0.25) is 5.02 Å². The van der Waals surface area contributed by atoms with Crippen molar-refractivity contribution in [1.29, 1.82) is 0 Å². The maximum absolute atomic E-state index is 13.3. The average Bonchev–Trinajstić information content (AvgIpc) is 2.73. The number of nitrogen functional groups attached to an aromatic ring is 1. The van der Waals surface area contributed by atoms with E-state index < -0.39 is 74.2 Å². The molecule has 0 radical (unpaired) electrons. The van der Waals surface area contributed by atoms with Crippen LogP contribution in [0.15, 0.2) is 28.7 Å². The van der Waals surface area contributed by atoms with E-state index in [0.717, 1.165) is 0 Å². The van der Waals surface area contributed by atoms with Gasteiger partial charge >= 0.3 is 10.4 Å². The number of hydrogen-bond acceptors (Lipinski definition) is 11. The van der Waals surface area contributed by atoms with Crippen molar-refractivity contribution in [3.63, 3.8) is 0 Å². The first-order chi connectivity index (χ1) is 16.8. The largest absolute Gasteiger partial charge is 0.510 e. The van der Waals surface area contributed by atoms with Crippen molar-refractivity contribution in [2.24, 2.45) is 17.6 Å². The molecule has 0 spiro atoms. The molecule has 0 aliphatic heterocycles. The summed E-state index contributed by atoms with van der Waals surface area (Å²) >= 11 is 6.05. The van der Waals surface area contributed by atoms with Gasteiger partial charge in [-0.3, -0.25) is 28.4 Å². The van der Waals surface area contributed by atoms with E-state index in [9.17, 15) is 34.8 Å². The summed E-state index contributed by atoms with van der Waals surface area (Å²) in [6, 6.07) is 0.417. The smallest absolute Gasteiger partial charge is 0.394 e. The van der Waals surface area contributed by atoms with Crippen molar-refractivity contribution in [2.75, 3.05) is 19.8 Å². The number of benzene rings is 1. The van der Waals surface area contributed by atoms with Gasteiger partial charge in [-0.2, -0.15) is 8.42 Å². The van der Waals surface area contributed by atoms with Gasteiger partial charge in [0.25, 0.3) is 5.91 Å². The third-order valence-electron chi connectivity index (χ3n) is 6.70. The Hall–Kier alpha value is -3.21. The van der Waals surface area contributed by atoms with Gasteiger partial charge in [0.2, 0.25) is 5.78 Å². The number of carbonyl (C=O) groups excluding carboxylic acids is 3. The molecule has 202 valence electrons. The Morgan fingerprint density at radius 3 is 2.22 bits per heavy atom. The number of Topliss-reactive ketones (excluding diaryl/α,β-unsaturated/α-hetero) is 2. The van der Waals surface area contributed by atoms with Crippen LogP contribution in [0, 0.1) is 11.8 Å². The number of anilines is 1. The molecule has 14 nitrogen and oxygen atoms in total. The zero-order valence-electron chi connectivity index (χ0n) is 19.3. The van der Waals surface area contributed by atoms with E-state index in [4.69, 9.17) is 40.6 Å². The van der Waals surface area contributed by atoms with E-state index >= 15 is 0 Å². The molecule has 1 aromatic rings. The molecule has 10 N–H and O–H groups in total. The van der Waals surface area contributed by atoms with Gasteiger partial charge in [-0.1, -0.05) is 11.6 Å². The fraction of sp³-hybridized carbons (Fsp3) is 0.381. The Bertz CT molecular complexity index is 1390. The van der Waals surface area contributed by atoms with E-state index in [1.54, 1.807) is 14.1 Å².